The number of aliphatic hydroxyl groups is 1. The molecule has 0 rings (SSSR count). The SMILES string of the molecule is CCCCCCCCC(=O)NCCCCCCO. The van der Waals surface area contributed by atoms with Gasteiger partial charge in [-0.15, -0.1) is 0 Å². The van der Waals surface area contributed by atoms with Crippen LogP contribution < -0.4 is 5.32 Å². The highest BCUT2D eigenvalue weighted by molar-refractivity contribution is 5.75. The molecule has 0 aromatic carbocycles. The average Bonchev–Trinajstić information content (AvgIpc) is 2.38. The van der Waals surface area contributed by atoms with Gasteiger partial charge in [0.25, 0.3) is 0 Å². The lowest BCUT2D eigenvalue weighted by atomic mass is 10.1. The molecule has 0 aromatic rings. The molecule has 0 atom stereocenters. The van der Waals surface area contributed by atoms with Crippen molar-refractivity contribution in [1.82, 2.24) is 5.32 Å². The number of rotatable bonds is 13. The van der Waals surface area contributed by atoms with E-state index in [2.05, 4.69) is 12.2 Å². The molecular weight excluding hydrogens is 226 g/mol. The predicted octanol–water partition coefficient (Wildman–Crippen LogP) is 3.41. The van der Waals surface area contributed by atoms with Crippen LogP contribution in [0.1, 0.15) is 77.6 Å². The third-order valence-corrected chi connectivity index (χ3v) is 3.16. The van der Waals surface area contributed by atoms with Crippen LogP contribution in [0, 0.1) is 0 Å². The number of aliphatic hydroxyl groups excluding tert-OH is 1. The van der Waals surface area contributed by atoms with E-state index in [-0.39, 0.29) is 12.5 Å². The van der Waals surface area contributed by atoms with E-state index in [1.165, 1.54) is 32.1 Å². The minimum Gasteiger partial charge on any atom is -0.396 e. The van der Waals surface area contributed by atoms with Gasteiger partial charge in [-0.3, -0.25) is 4.79 Å². The fourth-order valence-electron chi connectivity index (χ4n) is 1.97. The first-order valence-corrected chi connectivity index (χ1v) is 7.68. The van der Waals surface area contributed by atoms with E-state index in [1.807, 2.05) is 0 Å². The third kappa shape index (κ3) is 13.5. The first-order valence-electron chi connectivity index (χ1n) is 7.68. The Morgan fingerprint density at radius 2 is 1.50 bits per heavy atom. The van der Waals surface area contributed by atoms with Crippen LogP contribution in [-0.2, 0) is 4.79 Å². The van der Waals surface area contributed by atoms with Gasteiger partial charge in [0.1, 0.15) is 0 Å². The molecule has 0 aliphatic carbocycles. The van der Waals surface area contributed by atoms with Crippen molar-refractivity contribution in [2.24, 2.45) is 0 Å². The molecule has 0 aromatic heterocycles. The Kier molecular flexibility index (Phi) is 14.0. The summed E-state index contributed by atoms with van der Waals surface area (Å²) in [5.74, 6) is 0.202. The zero-order valence-corrected chi connectivity index (χ0v) is 12.0. The zero-order chi connectivity index (χ0) is 13.5. The lowest BCUT2D eigenvalue weighted by Crippen LogP contribution is -2.23. The number of carbonyl (C=O) groups excluding carboxylic acids is 1. The molecule has 0 aliphatic heterocycles. The summed E-state index contributed by atoms with van der Waals surface area (Å²) in [4.78, 5) is 11.5. The van der Waals surface area contributed by atoms with Gasteiger partial charge in [0.15, 0.2) is 0 Å². The molecule has 0 fully saturated rings. The molecule has 0 unspecified atom stereocenters. The summed E-state index contributed by atoms with van der Waals surface area (Å²) >= 11 is 0. The molecule has 0 radical (unpaired) electrons. The van der Waals surface area contributed by atoms with Crippen LogP contribution in [0.25, 0.3) is 0 Å². The number of unbranched alkanes of at least 4 members (excludes halogenated alkanes) is 8. The molecule has 2 N–H and O–H groups in total. The monoisotopic (exact) mass is 257 g/mol. The van der Waals surface area contributed by atoms with E-state index >= 15 is 0 Å². The summed E-state index contributed by atoms with van der Waals surface area (Å²) in [6.45, 7) is 3.29. The van der Waals surface area contributed by atoms with E-state index in [4.69, 9.17) is 5.11 Å². The van der Waals surface area contributed by atoms with Gasteiger partial charge in [-0.25, -0.2) is 0 Å². The maximum absolute atomic E-state index is 11.5. The molecule has 0 saturated carbocycles. The van der Waals surface area contributed by atoms with Crippen LogP contribution in [0.15, 0.2) is 0 Å². The summed E-state index contributed by atoms with van der Waals surface area (Å²) in [5.41, 5.74) is 0. The maximum atomic E-state index is 11.5. The first-order chi connectivity index (χ1) is 8.81. The lowest BCUT2D eigenvalue weighted by Gasteiger charge is -2.05. The van der Waals surface area contributed by atoms with Crippen molar-refractivity contribution in [3.63, 3.8) is 0 Å². The molecule has 0 bridgehead atoms. The molecule has 18 heavy (non-hydrogen) atoms. The Morgan fingerprint density at radius 3 is 2.22 bits per heavy atom. The van der Waals surface area contributed by atoms with Crippen LogP contribution in [0.5, 0.6) is 0 Å². The number of hydrogen-bond donors (Lipinski definition) is 2. The molecule has 3 heteroatoms. The Balaban J connectivity index is 3.12. The Labute approximate surface area is 112 Å². The Hall–Kier alpha value is -0.570. The average molecular weight is 257 g/mol. The maximum Gasteiger partial charge on any atom is 0.219 e. The highest BCUT2D eigenvalue weighted by Gasteiger charge is 2.00. The van der Waals surface area contributed by atoms with Crippen molar-refractivity contribution >= 4 is 5.91 Å². The smallest absolute Gasteiger partial charge is 0.219 e. The van der Waals surface area contributed by atoms with Gasteiger partial charge in [0.2, 0.25) is 5.91 Å². The molecule has 0 heterocycles. The van der Waals surface area contributed by atoms with E-state index in [0.29, 0.717) is 6.42 Å². The zero-order valence-electron chi connectivity index (χ0n) is 12.0. The second-order valence-corrected chi connectivity index (χ2v) is 5.01. The van der Waals surface area contributed by atoms with Gasteiger partial charge < -0.3 is 10.4 Å². The van der Waals surface area contributed by atoms with Crippen LogP contribution in [-0.4, -0.2) is 24.2 Å². The van der Waals surface area contributed by atoms with E-state index in [0.717, 1.165) is 38.6 Å². The summed E-state index contributed by atoms with van der Waals surface area (Å²) in [6.07, 6.45) is 12.1. The summed E-state index contributed by atoms with van der Waals surface area (Å²) in [6, 6.07) is 0. The Morgan fingerprint density at radius 1 is 0.889 bits per heavy atom. The van der Waals surface area contributed by atoms with Crippen LogP contribution in [0.4, 0.5) is 0 Å². The number of carbonyl (C=O) groups is 1. The lowest BCUT2D eigenvalue weighted by molar-refractivity contribution is -0.121. The molecular formula is C15H31NO2. The van der Waals surface area contributed by atoms with Gasteiger partial charge in [-0.05, 0) is 19.3 Å². The van der Waals surface area contributed by atoms with Gasteiger partial charge in [0.05, 0.1) is 0 Å². The van der Waals surface area contributed by atoms with Gasteiger partial charge in [-0.2, -0.15) is 0 Å². The molecule has 1 amide bonds. The fraction of sp³-hybridized carbons (Fsp3) is 0.933. The molecule has 3 nitrogen and oxygen atoms in total. The first kappa shape index (κ1) is 17.4. The van der Waals surface area contributed by atoms with Crippen LogP contribution in [0.2, 0.25) is 0 Å². The normalized spacial score (nSPS) is 10.6. The standard InChI is InChI=1S/C15H31NO2/c1-2-3-4-5-6-9-12-15(18)16-13-10-7-8-11-14-17/h17H,2-14H2,1H3,(H,16,18). The van der Waals surface area contributed by atoms with Crippen molar-refractivity contribution < 1.29 is 9.90 Å². The van der Waals surface area contributed by atoms with Crippen molar-refractivity contribution in [3.8, 4) is 0 Å². The predicted molar refractivity (Wildman–Crippen MR) is 76.6 cm³/mol. The summed E-state index contributed by atoms with van der Waals surface area (Å²) < 4.78 is 0. The van der Waals surface area contributed by atoms with Gasteiger partial charge >= 0.3 is 0 Å². The van der Waals surface area contributed by atoms with Crippen molar-refractivity contribution in [3.05, 3.63) is 0 Å². The molecule has 0 saturated heterocycles. The molecule has 108 valence electrons. The second-order valence-electron chi connectivity index (χ2n) is 5.01. The number of nitrogens with one attached hydrogen (secondary N) is 1. The van der Waals surface area contributed by atoms with Gasteiger partial charge in [0, 0.05) is 19.6 Å². The van der Waals surface area contributed by atoms with Crippen LogP contribution in [0.3, 0.4) is 0 Å². The highest BCUT2D eigenvalue weighted by atomic mass is 16.2. The van der Waals surface area contributed by atoms with Crippen molar-refractivity contribution in [2.75, 3.05) is 13.2 Å². The third-order valence-electron chi connectivity index (χ3n) is 3.16. The van der Waals surface area contributed by atoms with Crippen molar-refractivity contribution in [1.29, 1.82) is 0 Å². The molecule has 0 spiro atoms. The fourth-order valence-corrected chi connectivity index (χ4v) is 1.97. The quantitative estimate of drug-likeness (QED) is 0.497. The largest absolute Gasteiger partial charge is 0.396 e. The minimum atomic E-state index is 0.202. The number of amides is 1. The summed E-state index contributed by atoms with van der Waals surface area (Å²) in [7, 11) is 0. The van der Waals surface area contributed by atoms with Crippen LogP contribution >= 0.6 is 0 Å². The number of hydrogen-bond acceptors (Lipinski definition) is 2. The topological polar surface area (TPSA) is 49.3 Å². The van der Waals surface area contributed by atoms with E-state index in [9.17, 15) is 4.79 Å². The van der Waals surface area contributed by atoms with Crippen molar-refractivity contribution in [2.45, 2.75) is 77.6 Å². The summed E-state index contributed by atoms with van der Waals surface area (Å²) in [5, 5.41) is 11.6. The van der Waals surface area contributed by atoms with E-state index in [1.54, 1.807) is 0 Å². The minimum absolute atomic E-state index is 0.202. The molecule has 0 aliphatic rings. The Bertz CT molecular complexity index is 165. The van der Waals surface area contributed by atoms with E-state index < -0.39 is 0 Å². The highest BCUT2D eigenvalue weighted by Crippen LogP contribution is 2.06. The second kappa shape index (κ2) is 14.5. The van der Waals surface area contributed by atoms with Gasteiger partial charge in [-0.1, -0.05) is 51.9 Å².